The summed E-state index contributed by atoms with van der Waals surface area (Å²) in [6.45, 7) is 1.98. The fraction of sp³-hybridized carbons (Fsp3) is 0.429. The van der Waals surface area contributed by atoms with Crippen LogP contribution in [0.4, 0.5) is 0 Å². The molecule has 0 radical (unpaired) electrons. The van der Waals surface area contributed by atoms with E-state index in [2.05, 4.69) is 16.4 Å². The Morgan fingerprint density at radius 2 is 2.37 bits per heavy atom. The number of hydrogen-bond acceptors (Lipinski definition) is 4. The van der Waals surface area contributed by atoms with Gasteiger partial charge >= 0.3 is 0 Å². The number of nitrogens with one attached hydrogen (secondary N) is 1. The van der Waals surface area contributed by atoms with Crippen molar-refractivity contribution in [1.29, 1.82) is 0 Å². The summed E-state index contributed by atoms with van der Waals surface area (Å²) in [7, 11) is 3.60. The second kappa shape index (κ2) is 4.90. The molecular weight excluding hydrogens is 258 g/mol. The van der Waals surface area contributed by atoms with Crippen LogP contribution in [0.25, 0.3) is 10.2 Å². The summed E-state index contributed by atoms with van der Waals surface area (Å²) in [6.07, 6.45) is 2.88. The van der Waals surface area contributed by atoms with Gasteiger partial charge in [0.2, 0.25) is 0 Å². The molecule has 0 spiro atoms. The average Bonchev–Trinajstić information content (AvgIpc) is 3.03. The molecule has 1 aliphatic rings. The fourth-order valence-electron chi connectivity index (χ4n) is 2.62. The Kier molecular flexibility index (Phi) is 3.24. The first-order valence-electron chi connectivity index (χ1n) is 6.48. The SMILES string of the molecule is CN(C)C(=O)c1sc2ncccc2c1C1CCNC1. The molecule has 4 nitrogen and oxygen atoms in total. The first-order valence-corrected chi connectivity index (χ1v) is 7.30. The van der Waals surface area contributed by atoms with Crippen molar-refractivity contribution in [3.05, 3.63) is 28.8 Å². The van der Waals surface area contributed by atoms with E-state index in [9.17, 15) is 4.79 Å². The van der Waals surface area contributed by atoms with Crippen molar-refractivity contribution in [3.8, 4) is 0 Å². The van der Waals surface area contributed by atoms with Gasteiger partial charge in [-0.1, -0.05) is 6.07 Å². The summed E-state index contributed by atoms with van der Waals surface area (Å²) in [5, 5.41) is 4.52. The van der Waals surface area contributed by atoms with Crippen LogP contribution in [0.2, 0.25) is 0 Å². The Morgan fingerprint density at radius 3 is 3.05 bits per heavy atom. The number of carbonyl (C=O) groups excluding carboxylic acids is 1. The Balaban J connectivity index is 2.19. The third kappa shape index (κ3) is 2.13. The number of nitrogens with zero attached hydrogens (tertiary/aromatic N) is 2. The minimum absolute atomic E-state index is 0.0879. The molecular formula is C14H17N3OS. The van der Waals surface area contributed by atoms with Crippen molar-refractivity contribution in [2.45, 2.75) is 12.3 Å². The Labute approximate surface area is 116 Å². The molecule has 1 saturated heterocycles. The van der Waals surface area contributed by atoms with Crippen LogP contribution in [0.3, 0.4) is 0 Å². The minimum atomic E-state index is 0.0879. The first kappa shape index (κ1) is 12.6. The summed E-state index contributed by atoms with van der Waals surface area (Å²) in [5.74, 6) is 0.516. The molecule has 0 saturated carbocycles. The predicted molar refractivity (Wildman–Crippen MR) is 77.9 cm³/mol. The van der Waals surface area contributed by atoms with E-state index in [4.69, 9.17) is 0 Å². The van der Waals surface area contributed by atoms with Crippen molar-refractivity contribution in [2.75, 3.05) is 27.2 Å². The second-order valence-electron chi connectivity index (χ2n) is 5.09. The summed E-state index contributed by atoms with van der Waals surface area (Å²) in [5.41, 5.74) is 1.19. The lowest BCUT2D eigenvalue weighted by atomic mass is 9.95. The summed E-state index contributed by atoms with van der Waals surface area (Å²) in [6, 6.07) is 4.03. The number of carbonyl (C=O) groups is 1. The van der Waals surface area contributed by atoms with Gasteiger partial charge in [-0.2, -0.15) is 0 Å². The lowest BCUT2D eigenvalue weighted by molar-refractivity contribution is 0.0831. The normalized spacial score (nSPS) is 18.9. The van der Waals surface area contributed by atoms with E-state index in [0.717, 1.165) is 34.6 Å². The zero-order valence-corrected chi connectivity index (χ0v) is 12.0. The molecule has 3 rings (SSSR count). The summed E-state index contributed by atoms with van der Waals surface area (Å²) >= 11 is 1.52. The summed E-state index contributed by atoms with van der Waals surface area (Å²) in [4.78, 5) is 20.3. The van der Waals surface area contributed by atoms with Crippen LogP contribution in [0.15, 0.2) is 18.3 Å². The van der Waals surface area contributed by atoms with E-state index in [0.29, 0.717) is 5.92 Å². The topological polar surface area (TPSA) is 45.2 Å². The average molecular weight is 275 g/mol. The molecule has 2 aromatic heterocycles. The number of aromatic nitrogens is 1. The van der Waals surface area contributed by atoms with E-state index in [-0.39, 0.29) is 5.91 Å². The van der Waals surface area contributed by atoms with Gasteiger partial charge in [-0.3, -0.25) is 4.79 Å². The number of fused-ring (bicyclic) bond motifs is 1. The molecule has 0 bridgehead atoms. The molecule has 1 amide bonds. The molecule has 1 aliphatic heterocycles. The molecule has 19 heavy (non-hydrogen) atoms. The predicted octanol–water partition coefficient (Wildman–Crippen LogP) is 2.07. The van der Waals surface area contributed by atoms with Crippen molar-refractivity contribution in [3.63, 3.8) is 0 Å². The van der Waals surface area contributed by atoms with E-state index in [1.54, 1.807) is 25.2 Å². The van der Waals surface area contributed by atoms with Gasteiger partial charge < -0.3 is 10.2 Å². The van der Waals surface area contributed by atoms with Crippen LogP contribution in [0.1, 0.15) is 27.6 Å². The van der Waals surface area contributed by atoms with Gasteiger partial charge in [0.15, 0.2) is 0 Å². The quantitative estimate of drug-likeness (QED) is 0.912. The standard InChI is InChI=1S/C14H17N3OS/c1-17(2)14(18)12-11(9-5-7-15-8-9)10-4-3-6-16-13(10)19-12/h3-4,6,9,15H,5,7-8H2,1-2H3. The highest BCUT2D eigenvalue weighted by molar-refractivity contribution is 7.20. The molecule has 0 aliphatic carbocycles. The summed E-state index contributed by atoms with van der Waals surface area (Å²) < 4.78 is 0. The lowest BCUT2D eigenvalue weighted by Crippen LogP contribution is -2.22. The van der Waals surface area contributed by atoms with Crippen LogP contribution < -0.4 is 5.32 Å². The Morgan fingerprint density at radius 1 is 1.53 bits per heavy atom. The minimum Gasteiger partial charge on any atom is -0.344 e. The molecule has 5 heteroatoms. The van der Waals surface area contributed by atoms with Crippen molar-refractivity contribution >= 4 is 27.5 Å². The zero-order chi connectivity index (χ0) is 13.4. The maximum Gasteiger partial charge on any atom is 0.263 e. The van der Waals surface area contributed by atoms with Crippen molar-refractivity contribution in [1.82, 2.24) is 15.2 Å². The lowest BCUT2D eigenvalue weighted by Gasteiger charge is -2.14. The molecule has 100 valence electrons. The Hall–Kier alpha value is -1.46. The van der Waals surface area contributed by atoms with E-state index in [1.165, 1.54) is 16.9 Å². The highest BCUT2D eigenvalue weighted by atomic mass is 32.1. The fourth-order valence-corrected chi connectivity index (χ4v) is 3.87. The number of rotatable bonds is 2. The van der Waals surface area contributed by atoms with Crippen LogP contribution in [-0.2, 0) is 0 Å². The number of hydrogen-bond donors (Lipinski definition) is 1. The molecule has 1 fully saturated rings. The molecule has 3 heterocycles. The maximum atomic E-state index is 12.4. The van der Waals surface area contributed by atoms with Crippen molar-refractivity contribution in [2.24, 2.45) is 0 Å². The van der Waals surface area contributed by atoms with Gasteiger partial charge in [-0.15, -0.1) is 11.3 Å². The third-order valence-electron chi connectivity index (χ3n) is 3.57. The van der Waals surface area contributed by atoms with Gasteiger partial charge in [-0.25, -0.2) is 4.98 Å². The van der Waals surface area contributed by atoms with Gasteiger partial charge in [-0.05, 0) is 30.5 Å². The molecule has 1 N–H and O–H groups in total. The largest absolute Gasteiger partial charge is 0.344 e. The van der Waals surface area contributed by atoms with Crippen LogP contribution in [0.5, 0.6) is 0 Å². The zero-order valence-electron chi connectivity index (χ0n) is 11.1. The third-order valence-corrected chi connectivity index (χ3v) is 4.69. The highest BCUT2D eigenvalue weighted by Crippen LogP contribution is 2.37. The van der Waals surface area contributed by atoms with E-state index in [1.807, 2.05) is 6.07 Å². The van der Waals surface area contributed by atoms with Gasteiger partial charge in [0.05, 0.1) is 4.88 Å². The van der Waals surface area contributed by atoms with Gasteiger partial charge in [0.1, 0.15) is 4.83 Å². The highest BCUT2D eigenvalue weighted by Gasteiger charge is 2.28. The number of pyridine rings is 1. The van der Waals surface area contributed by atoms with Gasteiger partial charge in [0.25, 0.3) is 5.91 Å². The van der Waals surface area contributed by atoms with Crippen LogP contribution in [-0.4, -0.2) is 43.0 Å². The monoisotopic (exact) mass is 275 g/mol. The first-order chi connectivity index (χ1) is 9.18. The van der Waals surface area contributed by atoms with E-state index < -0.39 is 0 Å². The van der Waals surface area contributed by atoms with E-state index >= 15 is 0 Å². The maximum absolute atomic E-state index is 12.4. The smallest absolute Gasteiger partial charge is 0.263 e. The molecule has 2 aromatic rings. The second-order valence-corrected chi connectivity index (χ2v) is 6.09. The number of thiophene rings is 1. The van der Waals surface area contributed by atoms with Crippen LogP contribution in [0, 0.1) is 0 Å². The molecule has 0 aromatic carbocycles. The van der Waals surface area contributed by atoms with Crippen LogP contribution >= 0.6 is 11.3 Å². The number of amides is 1. The van der Waals surface area contributed by atoms with Gasteiger partial charge in [0, 0.05) is 32.2 Å². The molecule has 1 atom stereocenters. The van der Waals surface area contributed by atoms with Crippen molar-refractivity contribution < 1.29 is 4.79 Å². The Bertz CT molecular complexity index is 614. The molecule has 1 unspecified atom stereocenters.